The highest BCUT2D eigenvalue weighted by molar-refractivity contribution is 7.92. The first-order valence-corrected chi connectivity index (χ1v) is 7.36. The number of sulfonamides is 1. The third kappa shape index (κ3) is 3.64. The van der Waals surface area contributed by atoms with E-state index in [2.05, 4.69) is 4.98 Å². The molecule has 0 fully saturated rings. The average molecular weight is 337 g/mol. The molecule has 1 aromatic carbocycles. The first-order valence-electron chi connectivity index (χ1n) is 5.50. The third-order valence-corrected chi connectivity index (χ3v) is 4.32. The summed E-state index contributed by atoms with van der Waals surface area (Å²) in [5.74, 6) is 0. The number of nitrogens with one attached hydrogen (secondary N) is 1. The molecule has 2 rings (SSSR count). The van der Waals surface area contributed by atoms with E-state index in [-0.39, 0.29) is 15.6 Å². The standard InChI is InChI=1S/C12H8ClF3N2O2S/c13-10-4-5-17-7-11(10)21(19,20)18-9-3-1-2-8(6-9)12(14,15)16/h1-7,18H. The molecule has 1 N–H and O–H groups in total. The van der Waals surface area contributed by atoms with E-state index in [0.29, 0.717) is 6.07 Å². The van der Waals surface area contributed by atoms with Crippen molar-refractivity contribution in [2.24, 2.45) is 0 Å². The lowest BCUT2D eigenvalue weighted by molar-refractivity contribution is -0.137. The number of hydrogen-bond acceptors (Lipinski definition) is 3. The molecule has 0 aliphatic carbocycles. The molecule has 0 saturated carbocycles. The van der Waals surface area contributed by atoms with Crippen LogP contribution < -0.4 is 4.72 Å². The Bertz CT molecular complexity index is 763. The quantitative estimate of drug-likeness (QED) is 0.932. The van der Waals surface area contributed by atoms with Crippen molar-refractivity contribution >= 4 is 27.3 Å². The van der Waals surface area contributed by atoms with Crippen LogP contribution in [0.3, 0.4) is 0 Å². The van der Waals surface area contributed by atoms with E-state index in [1.54, 1.807) is 0 Å². The molecule has 9 heteroatoms. The predicted octanol–water partition coefficient (Wildman–Crippen LogP) is 3.55. The van der Waals surface area contributed by atoms with Crippen LogP contribution in [0.4, 0.5) is 18.9 Å². The minimum absolute atomic E-state index is 0.0792. The lowest BCUT2D eigenvalue weighted by atomic mass is 10.2. The molecule has 1 aromatic heterocycles. The van der Waals surface area contributed by atoms with Gasteiger partial charge in [0.15, 0.2) is 0 Å². The van der Waals surface area contributed by atoms with Gasteiger partial charge >= 0.3 is 6.18 Å². The Balaban J connectivity index is 2.36. The van der Waals surface area contributed by atoms with Crippen LogP contribution in [-0.2, 0) is 16.2 Å². The molecule has 0 radical (unpaired) electrons. The van der Waals surface area contributed by atoms with Crippen LogP contribution >= 0.6 is 11.6 Å². The fraction of sp³-hybridized carbons (Fsp3) is 0.0833. The molecule has 0 saturated heterocycles. The van der Waals surface area contributed by atoms with Crippen molar-refractivity contribution in [3.8, 4) is 0 Å². The smallest absolute Gasteiger partial charge is 0.280 e. The zero-order valence-electron chi connectivity index (χ0n) is 10.2. The first kappa shape index (κ1) is 15.6. The fourth-order valence-electron chi connectivity index (χ4n) is 1.53. The van der Waals surface area contributed by atoms with Gasteiger partial charge in [-0.05, 0) is 24.3 Å². The number of benzene rings is 1. The maximum Gasteiger partial charge on any atom is 0.416 e. The average Bonchev–Trinajstić information content (AvgIpc) is 2.37. The summed E-state index contributed by atoms with van der Waals surface area (Å²) in [7, 11) is -4.12. The van der Waals surface area contributed by atoms with Crippen LogP contribution in [0, 0.1) is 0 Å². The van der Waals surface area contributed by atoms with Crippen molar-refractivity contribution in [3.63, 3.8) is 0 Å². The van der Waals surface area contributed by atoms with Gasteiger partial charge in [0.05, 0.1) is 10.6 Å². The number of halogens is 4. The van der Waals surface area contributed by atoms with Crippen molar-refractivity contribution in [2.45, 2.75) is 11.1 Å². The van der Waals surface area contributed by atoms with Gasteiger partial charge in [-0.25, -0.2) is 8.42 Å². The van der Waals surface area contributed by atoms with Crippen LogP contribution in [0.1, 0.15) is 5.56 Å². The van der Waals surface area contributed by atoms with Gasteiger partial charge in [0.25, 0.3) is 10.0 Å². The summed E-state index contributed by atoms with van der Waals surface area (Å²) >= 11 is 5.74. The number of hydrogen-bond donors (Lipinski definition) is 1. The Labute approximate surface area is 123 Å². The molecule has 0 amide bonds. The second-order valence-electron chi connectivity index (χ2n) is 3.99. The van der Waals surface area contributed by atoms with Crippen LogP contribution in [0.15, 0.2) is 47.6 Å². The van der Waals surface area contributed by atoms with Gasteiger partial charge in [-0.3, -0.25) is 9.71 Å². The number of anilines is 1. The van der Waals surface area contributed by atoms with Crippen LogP contribution in [0.5, 0.6) is 0 Å². The maximum absolute atomic E-state index is 12.6. The summed E-state index contributed by atoms with van der Waals surface area (Å²) in [6.07, 6.45) is -2.25. The lowest BCUT2D eigenvalue weighted by Gasteiger charge is -2.11. The van der Waals surface area contributed by atoms with Crippen LogP contribution in [0.25, 0.3) is 0 Å². The van der Waals surface area contributed by atoms with Gasteiger partial charge in [-0.15, -0.1) is 0 Å². The molecule has 2 aromatic rings. The molecule has 0 atom stereocenters. The van der Waals surface area contributed by atoms with Crippen molar-refractivity contribution in [2.75, 3.05) is 4.72 Å². The topological polar surface area (TPSA) is 59.1 Å². The Kier molecular flexibility index (Phi) is 4.11. The van der Waals surface area contributed by atoms with Crippen LogP contribution in [-0.4, -0.2) is 13.4 Å². The van der Waals surface area contributed by atoms with E-state index in [0.717, 1.165) is 18.3 Å². The van der Waals surface area contributed by atoms with Gasteiger partial charge in [0.2, 0.25) is 0 Å². The predicted molar refractivity (Wildman–Crippen MR) is 71.5 cm³/mol. The SMILES string of the molecule is O=S(=O)(Nc1cccc(C(F)(F)F)c1)c1cnccc1Cl. The molecule has 0 spiro atoms. The van der Waals surface area contributed by atoms with E-state index in [9.17, 15) is 21.6 Å². The zero-order valence-corrected chi connectivity index (χ0v) is 11.8. The third-order valence-electron chi connectivity index (χ3n) is 2.47. The highest BCUT2D eigenvalue weighted by Crippen LogP contribution is 2.31. The monoisotopic (exact) mass is 336 g/mol. The van der Waals surface area contributed by atoms with E-state index in [4.69, 9.17) is 11.6 Å². The number of pyridine rings is 1. The van der Waals surface area contributed by atoms with Crippen molar-refractivity contribution < 1.29 is 21.6 Å². The Hall–Kier alpha value is -1.80. The van der Waals surface area contributed by atoms with Crippen LogP contribution in [0.2, 0.25) is 5.02 Å². The molecule has 21 heavy (non-hydrogen) atoms. The zero-order chi connectivity index (χ0) is 15.7. The molecular formula is C12H8ClF3N2O2S. The van der Waals surface area contributed by atoms with Crippen molar-refractivity contribution in [1.29, 1.82) is 0 Å². The minimum atomic E-state index is -4.56. The molecule has 4 nitrogen and oxygen atoms in total. The summed E-state index contributed by atoms with van der Waals surface area (Å²) in [4.78, 5) is 3.31. The number of nitrogens with zero attached hydrogens (tertiary/aromatic N) is 1. The highest BCUT2D eigenvalue weighted by Gasteiger charge is 2.30. The summed E-state index contributed by atoms with van der Waals surface area (Å²) in [5.41, 5.74) is -1.18. The molecule has 1 heterocycles. The number of aromatic nitrogens is 1. The summed E-state index contributed by atoms with van der Waals surface area (Å²) < 4.78 is 63.9. The van der Waals surface area contributed by atoms with Gasteiger partial charge in [0, 0.05) is 18.1 Å². The molecular weight excluding hydrogens is 329 g/mol. The van der Waals surface area contributed by atoms with E-state index >= 15 is 0 Å². The molecule has 112 valence electrons. The van der Waals surface area contributed by atoms with E-state index < -0.39 is 21.8 Å². The summed E-state index contributed by atoms with van der Waals surface area (Å²) in [5, 5.41) is -0.0792. The number of alkyl halides is 3. The minimum Gasteiger partial charge on any atom is -0.280 e. The molecule has 0 aliphatic heterocycles. The summed E-state index contributed by atoms with van der Waals surface area (Å²) in [6, 6.07) is 5.11. The van der Waals surface area contributed by atoms with Gasteiger partial charge in [0.1, 0.15) is 4.90 Å². The lowest BCUT2D eigenvalue weighted by Crippen LogP contribution is -2.14. The Morgan fingerprint density at radius 3 is 2.52 bits per heavy atom. The summed E-state index contributed by atoms with van der Waals surface area (Å²) in [6.45, 7) is 0. The molecule has 0 bridgehead atoms. The molecule has 0 aliphatic rings. The fourth-order valence-corrected chi connectivity index (χ4v) is 3.01. The second kappa shape index (κ2) is 5.53. The van der Waals surface area contributed by atoms with Gasteiger partial charge in [-0.2, -0.15) is 13.2 Å². The van der Waals surface area contributed by atoms with Gasteiger partial charge < -0.3 is 0 Å². The highest BCUT2D eigenvalue weighted by atomic mass is 35.5. The normalized spacial score (nSPS) is 12.2. The Morgan fingerprint density at radius 2 is 1.90 bits per heavy atom. The molecule has 0 unspecified atom stereocenters. The number of rotatable bonds is 3. The van der Waals surface area contributed by atoms with E-state index in [1.165, 1.54) is 18.3 Å². The van der Waals surface area contributed by atoms with Gasteiger partial charge in [-0.1, -0.05) is 17.7 Å². The Morgan fingerprint density at radius 1 is 1.19 bits per heavy atom. The largest absolute Gasteiger partial charge is 0.416 e. The van der Waals surface area contributed by atoms with Crippen molar-refractivity contribution in [1.82, 2.24) is 4.98 Å². The maximum atomic E-state index is 12.6. The van der Waals surface area contributed by atoms with Crippen molar-refractivity contribution in [3.05, 3.63) is 53.3 Å². The first-order chi connectivity index (χ1) is 9.70. The second-order valence-corrected chi connectivity index (χ2v) is 6.05. The van der Waals surface area contributed by atoms with E-state index in [1.807, 2.05) is 4.72 Å².